The maximum atomic E-state index is 12.9. The lowest BCUT2D eigenvalue weighted by molar-refractivity contribution is -0.146. The number of benzene rings is 1. The number of hydrogen-bond donors (Lipinski definition) is 1. The molecule has 0 bridgehead atoms. The van der Waals surface area contributed by atoms with Crippen molar-refractivity contribution in [3.63, 3.8) is 0 Å². The highest BCUT2D eigenvalue weighted by atomic mass is 16.6. The highest BCUT2D eigenvalue weighted by Gasteiger charge is 2.36. The normalized spacial score (nSPS) is 17.5. The summed E-state index contributed by atoms with van der Waals surface area (Å²) in [6, 6.07) is 5.31. The van der Waals surface area contributed by atoms with E-state index in [0.717, 1.165) is 5.56 Å². The minimum absolute atomic E-state index is 0.0855. The molecular weight excluding hydrogens is 400 g/mol. The number of ketones is 1. The van der Waals surface area contributed by atoms with Crippen LogP contribution in [0.15, 0.2) is 24.3 Å². The molecule has 1 saturated heterocycles. The van der Waals surface area contributed by atoms with Gasteiger partial charge in [0.2, 0.25) is 5.91 Å². The zero-order valence-electron chi connectivity index (χ0n) is 18.9. The summed E-state index contributed by atoms with van der Waals surface area (Å²) in [4.78, 5) is 52.1. The molecule has 1 aromatic rings. The minimum atomic E-state index is -1.44. The van der Waals surface area contributed by atoms with Gasteiger partial charge in [-0.3, -0.25) is 9.59 Å². The maximum absolute atomic E-state index is 12.9. The Kier molecular flexibility index (Phi) is 8.19. The number of carbonyl (C=O) groups excluding carboxylic acids is 4. The Morgan fingerprint density at radius 2 is 1.81 bits per heavy atom. The van der Waals surface area contributed by atoms with Gasteiger partial charge in [-0.05, 0) is 47.5 Å². The lowest BCUT2D eigenvalue weighted by Crippen LogP contribution is -2.52. The average molecular weight is 433 g/mol. The molecule has 2 amide bonds. The zero-order valence-corrected chi connectivity index (χ0v) is 18.9. The van der Waals surface area contributed by atoms with Crippen molar-refractivity contribution >= 4 is 23.8 Å². The third-order valence-corrected chi connectivity index (χ3v) is 4.85. The number of esters is 1. The third-order valence-electron chi connectivity index (χ3n) is 4.85. The van der Waals surface area contributed by atoms with Crippen molar-refractivity contribution < 1.29 is 28.7 Å². The molecule has 8 heteroatoms. The van der Waals surface area contributed by atoms with Crippen LogP contribution in [0.1, 0.15) is 56.5 Å². The van der Waals surface area contributed by atoms with Gasteiger partial charge in [0.15, 0.2) is 11.8 Å². The number of amides is 2. The van der Waals surface area contributed by atoms with Gasteiger partial charge in [0.25, 0.3) is 0 Å². The van der Waals surface area contributed by atoms with Gasteiger partial charge in [0, 0.05) is 18.7 Å². The molecule has 2 rings (SSSR count). The van der Waals surface area contributed by atoms with Gasteiger partial charge in [0.1, 0.15) is 5.60 Å². The Hall–Kier alpha value is -2.90. The summed E-state index contributed by atoms with van der Waals surface area (Å²) in [6.07, 6.45) is 0.676. The predicted octanol–water partition coefficient (Wildman–Crippen LogP) is 2.87. The number of nitrogens with one attached hydrogen (secondary N) is 1. The van der Waals surface area contributed by atoms with E-state index < -0.39 is 41.3 Å². The van der Waals surface area contributed by atoms with Crippen molar-refractivity contribution in [1.82, 2.24) is 10.2 Å². The second-order valence-corrected chi connectivity index (χ2v) is 8.69. The second kappa shape index (κ2) is 10.4. The van der Waals surface area contributed by atoms with Crippen LogP contribution in [0.3, 0.4) is 0 Å². The van der Waals surface area contributed by atoms with E-state index in [2.05, 4.69) is 5.32 Å². The van der Waals surface area contributed by atoms with Crippen molar-refractivity contribution in [2.75, 3.05) is 19.7 Å². The molecule has 0 spiro atoms. The molecule has 8 nitrogen and oxygen atoms in total. The molecule has 170 valence electrons. The highest BCUT2D eigenvalue weighted by Crippen LogP contribution is 2.20. The molecule has 1 aliphatic heterocycles. The highest BCUT2D eigenvalue weighted by molar-refractivity contribution is 6.13. The summed E-state index contributed by atoms with van der Waals surface area (Å²) >= 11 is 0. The van der Waals surface area contributed by atoms with Crippen LogP contribution < -0.4 is 5.32 Å². The van der Waals surface area contributed by atoms with Crippen LogP contribution in [0.4, 0.5) is 4.79 Å². The first kappa shape index (κ1) is 24.4. The summed E-state index contributed by atoms with van der Waals surface area (Å²) in [5.41, 5.74) is 0.641. The summed E-state index contributed by atoms with van der Waals surface area (Å²) in [5.74, 6) is -2.36. The number of piperidine rings is 1. The molecule has 2 unspecified atom stereocenters. The van der Waals surface area contributed by atoms with E-state index in [1.807, 2.05) is 6.92 Å². The van der Waals surface area contributed by atoms with Crippen molar-refractivity contribution in [2.24, 2.45) is 5.92 Å². The lowest BCUT2D eigenvalue weighted by atomic mass is 9.96. The van der Waals surface area contributed by atoms with Gasteiger partial charge in [-0.1, -0.05) is 29.8 Å². The average Bonchev–Trinajstić information content (AvgIpc) is 2.71. The van der Waals surface area contributed by atoms with Crippen LogP contribution in [-0.2, 0) is 19.1 Å². The first-order chi connectivity index (χ1) is 14.5. The molecule has 0 aliphatic carbocycles. The molecule has 0 aromatic heterocycles. The minimum Gasteiger partial charge on any atom is -0.464 e. The van der Waals surface area contributed by atoms with Crippen molar-refractivity contribution in [1.29, 1.82) is 0 Å². The quantitative estimate of drug-likeness (QED) is 0.421. The fourth-order valence-electron chi connectivity index (χ4n) is 3.29. The van der Waals surface area contributed by atoms with E-state index in [-0.39, 0.29) is 13.2 Å². The van der Waals surface area contributed by atoms with Gasteiger partial charge in [0.05, 0.1) is 12.5 Å². The number of carbonyl (C=O) groups is 4. The molecule has 1 heterocycles. The Balaban J connectivity index is 2.11. The largest absolute Gasteiger partial charge is 0.464 e. The van der Waals surface area contributed by atoms with Crippen LogP contribution >= 0.6 is 0 Å². The van der Waals surface area contributed by atoms with Crippen LogP contribution in [0.2, 0.25) is 0 Å². The molecule has 1 N–H and O–H groups in total. The topological polar surface area (TPSA) is 102 Å². The Morgan fingerprint density at radius 3 is 2.39 bits per heavy atom. The predicted molar refractivity (Wildman–Crippen MR) is 115 cm³/mol. The van der Waals surface area contributed by atoms with E-state index in [1.54, 1.807) is 52.0 Å². The molecule has 0 radical (unpaired) electrons. The molecular formula is C23H32N2O6. The number of aryl methyl sites for hydroxylation is 1. The SMILES string of the molecule is CCOC(=O)C(NC(=O)C1CCCN(C(=O)OC(C)(C)C)C1)C(=O)c1ccc(C)cc1. The van der Waals surface area contributed by atoms with Crippen LogP contribution in [0.25, 0.3) is 0 Å². The van der Waals surface area contributed by atoms with Crippen LogP contribution in [-0.4, -0.2) is 60.0 Å². The van der Waals surface area contributed by atoms with Crippen molar-refractivity contribution in [3.8, 4) is 0 Å². The number of Topliss-reactive ketones (excluding diaryl/α,β-unsaturated/α-hetero) is 1. The second-order valence-electron chi connectivity index (χ2n) is 8.69. The number of ether oxygens (including phenoxy) is 2. The van der Waals surface area contributed by atoms with Crippen molar-refractivity contribution in [3.05, 3.63) is 35.4 Å². The first-order valence-corrected chi connectivity index (χ1v) is 10.6. The van der Waals surface area contributed by atoms with E-state index in [1.165, 1.54) is 4.90 Å². The Morgan fingerprint density at radius 1 is 1.16 bits per heavy atom. The molecule has 2 atom stereocenters. The molecule has 1 aromatic carbocycles. The van der Waals surface area contributed by atoms with Gasteiger partial charge >= 0.3 is 12.1 Å². The zero-order chi connectivity index (χ0) is 23.2. The van der Waals surface area contributed by atoms with Crippen LogP contribution in [0.5, 0.6) is 0 Å². The third kappa shape index (κ3) is 7.08. The number of nitrogens with zero attached hydrogens (tertiary/aromatic N) is 1. The van der Waals surface area contributed by atoms with Gasteiger partial charge < -0.3 is 19.7 Å². The maximum Gasteiger partial charge on any atom is 0.410 e. The monoisotopic (exact) mass is 432 g/mol. The van der Waals surface area contributed by atoms with E-state index in [0.29, 0.717) is 24.9 Å². The van der Waals surface area contributed by atoms with E-state index in [9.17, 15) is 19.2 Å². The number of hydrogen-bond acceptors (Lipinski definition) is 6. The van der Waals surface area contributed by atoms with Crippen LogP contribution in [0, 0.1) is 12.8 Å². The van der Waals surface area contributed by atoms with E-state index >= 15 is 0 Å². The fraction of sp³-hybridized carbons (Fsp3) is 0.565. The molecule has 1 fully saturated rings. The molecule has 0 saturated carbocycles. The Labute approximate surface area is 183 Å². The molecule has 31 heavy (non-hydrogen) atoms. The van der Waals surface area contributed by atoms with E-state index in [4.69, 9.17) is 9.47 Å². The molecule has 1 aliphatic rings. The van der Waals surface area contributed by atoms with Gasteiger partial charge in [-0.25, -0.2) is 9.59 Å². The van der Waals surface area contributed by atoms with Gasteiger partial charge in [-0.15, -0.1) is 0 Å². The standard InChI is InChI=1S/C23H32N2O6/c1-6-30-21(28)18(19(26)16-11-9-15(2)10-12-16)24-20(27)17-8-7-13-25(14-17)22(29)31-23(3,4)5/h9-12,17-18H,6-8,13-14H2,1-5H3,(H,24,27). The summed E-state index contributed by atoms with van der Waals surface area (Å²) in [7, 11) is 0. The summed E-state index contributed by atoms with van der Waals surface area (Å²) in [5, 5.41) is 2.55. The summed E-state index contributed by atoms with van der Waals surface area (Å²) in [6.45, 7) is 9.59. The smallest absolute Gasteiger partial charge is 0.410 e. The number of rotatable bonds is 6. The Bertz CT molecular complexity index is 812. The fourth-order valence-corrected chi connectivity index (χ4v) is 3.29. The lowest BCUT2D eigenvalue weighted by Gasteiger charge is -2.33. The first-order valence-electron chi connectivity index (χ1n) is 10.6. The van der Waals surface area contributed by atoms with Crippen molar-refractivity contribution in [2.45, 2.75) is 59.1 Å². The van der Waals surface area contributed by atoms with Gasteiger partial charge in [-0.2, -0.15) is 0 Å². The number of likely N-dealkylation sites (tertiary alicyclic amines) is 1. The summed E-state index contributed by atoms with van der Waals surface area (Å²) < 4.78 is 10.4.